The molecule has 30 heavy (non-hydrogen) atoms. The van der Waals surface area contributed by atoms with E-state index in [4.69, 9.17) is 0 Å². The zero-order valence-corrected chi connectivity index (χ0v) is 16.9. The van der Waals surface area contributed by atoms with Gasteiger partial charge in [-0.1, -0.05) is 72.8 Å². The Kier molecular flexibility index (Phi) is 4.99. The van der Waals surface area contributed by atoms with Crippen LogP contribution in [-0.4, -0.2) is 29.3 Å². The number of amides is 4. The minimum absolute atomic E-state index is 0.273. The van der Waals surface area contributed by atoms with E-state index in [1.54, 1.807) is 31.2 Å². The Balaban J connectivity index is 1.49. The van der Waals surface area contributed by atoms with Gasteiger partial charge in [-0.05, 0) is 35.7 Å². The number of nitrogens with one attached hydrogen (secondary N) is 2. The number of nitrogens with zero attached hydrogens (tertiary/aromatic N) is 1. The number of hydrogen-bond donors (Lipinski definition) is 2. The van der Waals surface area contributed by atoms with E-state index in [1.807, 2.05) is 55.5 Å². The van der Waals surface area contributed by atoms with Crippen molar-refractivity contribution in [2.24, 2.45) is 0 Å². The lowest BCUT2D eigenvalue weighted by atomic mass is 9.92. The van der Waals surface area contributed by atoms with Gasteiger partial charge >= 0.3 is 6.03 Å². The van der Waals surface area contributed by atoms with Crippen molar-refractivity contribution < 1.29 is 14.4 Å². The minimum Gasteiger partial charge on any atom is -0.348 e. The van der Waals surface area contributed by atoms with Crippen molar-refractivity contribution in [3.8, 4) is 0 Å². The molecule has 152 valence electrons. The smallest absolute Gasteiger partial charge is 0.325 e. The summed E-state index contributed by atoms with van der Waals surface area (Å²) in [6.45, 7) is 3.21. The summed E-state index contributed by atoms with van der Waals surface area (Å²) in [5.74, 6) is -0.831. The fourth-order valence-corrected chi connectivity index (χ4v) is 3.94. The van der Waals surface area contributed by atoms with Crippen LogP contribution in [0.4, 0.5) is 4.79 Å². The summed E-state index contributed by atoms with van der Waals surface area (Å²) in [5.41, 5.74) is 0.475. The number of imide groups is 1. The standard InChI is InChI=1S/C24H23N3O3/c1-16(19-14-8-10-17-9-6-7-13-20(17)19)25-21(28)15-27-22(29)24(2,26-23(27)30)18-11-4-3-5-12-18/h3-14,16H,15H2,1-2H3,(H,25,28)(H,26,30). The van der Waals surface area contributed by atoms with Gasteiger partial charge in [-0.3, -0.25) is 14.5 Å². The Bertz CT molecular complexity index is 1120. The highest BCUT2D eigenvalue weighted by Crippen LogP contribution is 2.29. The van der Waals surface area contributed by atoms with E-state index < -0.39 is 23.4 Å². The monoisotopic (exact) mass is 401 g/mol. The van der Waals surface area contributed by atoms with Gasteiger partial charge in [0.1, 0.15) is 12.1 Å². The number of benzene rings is 3. The summed E-state index contributed by atoms with van der Waals surface area (Å²) < 4.78 is 0. The highest BCUT2D eigenvalue weighted by atomic mass is 16.2. The lowest BCUT2D eigenvalue weighted by molar-refractivity contribution is -0.135. The van der Waals surface area contributed by atoms with Gasteiger partial charge in [0.25, 0.3) is 5.91 Å². The van der Waals surface area contributed by atoms with Crippen molar-refractivity contribution in [3.63, 3.8) is 0 Å². The Morgan fingerprint density at radius 3 is 2.43 bits per heavy atom. The molecule has 6 nitrogen and oxygen atoms in total. The van der Waals surface area contributed by atoms with Crippen molar-refractivity contribution in [2.45, 2.75) is 25.4 Å². The van der Waals surface area contributed by atoms with Crippen LogP contribution < -0.4 is 10.6 Å². The van der Waals surface area contributed by atoms with Gasteiger partial charge in [-0.2, -0.15) is 0 Å². The second-order valence-corrected chi connectivity index (χ2v) is 7.67. The minimum atomic E-state index is -1.18. The zero-order chi connectivity index (χ0) is 21.3. The van der Waals surface area contributed by atoms with Crippen LogP contribution in [0.2, 0.25) is 0 Å². The van der Waals surface area contributed by atoms with Crippen molar-refractivity contribution in [1.29, 1.82) is 0 Å². The molecule has 0 spiro atoms. The quantitative estimate of drug-likeness (QED) is 0.643. The third-order valence-electron chi connectivity index (χ3n) is 5.60. The maximum Gasteiger partial charge on any atom is 0.325 e. The number of urea groups is 1. The van der Waals surface area contributed by atoms with Gasteiger partial charge in [0.15, 0.2) is 0 Å². The molecule has 1 aliphatic heterocycles. The SMILES string of the molecule is CC(NC(=O)CN1C(=O)NC(C)(c2ccccc2)C1=O)c1cccc2ccccc12. The molecule has 1 aliphatic rings. The number of rotatable bonds is 5. The van der Waals surface area contributed by atoms with Crippen LogP contribution in [0, 0.1) is 0 Å². The maximum atomic E-state index is 13.0. The van der Waals surface area contributed by atoms with E-state index >= 15 is 0 Å². The topological polar surface area (TPSA) is 78.5 Å². The number of hydrogen-bond acceptors (Lipinski definition) is 3. The molecule has 4 rings (SSSR count). The summed E-state index contributed by atoms with van der Waals surface area (Å²) in [6.07, 6.45) is 0. The largest absolute Gasteiger partial charge is 0.348 e. The molecule has 2 atom stereocenters. The second kappa shape index (κ2) is 7.63. The summed E-state index contributed by atoms with van der Waals surface area (Å²) in [7, 11) is 0. The third kappa shape index (κ3) is 3.41. The first kappa shape index (κ1) is 19.6. The van der Waals surface area contributed by atoms with Gasteiger partial charge in [-0.25, -0.2) is 4.79 Å². The van der Waals surface area contributed by atoms with Crippen LogP contribution in [0.25, 0.3) is 10.8 Å². The molecular weight excluding hydrogens is 378 g/mol. The van der Waals surface area contributed by atoms with Gasteiger partial charge < -0.3 is 10.6 Å². The number of carbonyl (C=O) groups is 3. The molecule has 0 saturated carbocycles. The number of carbonyl (C=O) groups excluding carboxylic acids is 3. The van der Waals surface area contributed by atoms with Crippen molar-refractivity contribution in [2.75, 3.05) is 6.54 Å². The first-order valence-electron chi connectivity index (χ1n) is 9.87. The molecule has 4 amide bonds. The normalized spacial score (nSPS) is 19.6. The van der Waals surface area contributed by atoms with E-state index in [-0.39, 0.29) is 12.6 Å². The summed E-state index contributed by atoms with van der Waals surface area (Å²) in [6, 6.07) is 22.1. The molecule has 0 aromatic heterocycles. The molecule has 1 heterocycles. The molecule has 3 aromatic carbocycles. The average molecular weight is 401 g/mol. The molecule has 0 bridgehead atoms. The molecule has 2 unspecified atom stereocenters. The van der Waals surface area contributed by atoms with Crippen molar-refractivity contribution in [1.82, 2.24) is 15.5 Å². The molecule has 3 aromatic rings. The van der Waals surface area contributed by atoms with Gasteiger partial charge in [0.2, 0.25) is 5.91 Å². The molecule has 2 N–H and O–H groups in total. The van der Waals surface area contributed by atoms with E-state index in [2.05, 4.69) is 10.6 Å². The average Bonchev–Trinajstić information content (AvgIpc) is 2.97. The van der Waals surface area contributed by atoms with Crippen LogP contribution in [0.1, 0.15) is 31.0 Å². The van der Waals surface area contributed by atoms with Gasteiger partial charge in [-0.15, -0.1) is 0 Å². The lowest BCUT2D eigenvalue weighted by Gasteiger charge is -2.22. The molecule has 6 heteroatoms. The van der Waals surface area contributed by atoms with Crippen LogP contribution >= 0.6 is 0 Å². The summed E-state index contributed by atoms with van der Waals surface area (Å²) in [5, 5.41) is 7.77. The van der Waals surface area contributed by atoms with E-state index in [0.29, 0.717) is 5.56 Å². The Labute approximate surface area is 174 Å². The Hall–Kier alpha value is -3.67. The van der Waals surface area contributed by atoms with Crippen molar-refractivity contribution in [3.05, 3.63) is 83.9 Å². The van der Waals surface area contributed by atoms with Gasteiger partial charge in [0.05, 0.1) is 6.04 Å². The first-order chi connectivity index (χ1) is 14.4. The Morgan fingerprint density at radius 1 is 1.00 bits per heavy atom. The highest BCUT2D eigenvalue weighted by molar-refractivity contribution is 6.09. The van der Waals surface area contributed by atoms with Crippen LogP contribution in [0.3, 0.4) is 0 Å². The molecule has 0 aliphatic carbocycles. The summed E-state index contributed by atoms with van der Waals surface area (Å²) in [4.78, 5) is 39.1. The maximum absolute atomic E-state index is 13.0. The van der Waals surface area contributed by atoms with Crippen LogP contribution in [0.5, 0.6) is 0 Å². The molecule has 1 fully saturated rings. The fraction of sp³-hybridized carbons (Fsp3) is 0.208. The fourth-order valence-electron chi connectivity index (χ4n) is 3.94. The predicted octanol–water partition coefficient (Wildman–Crippen LogP) is 3.48. The zero-order valence-electron chi connectivity index (χ0n) is 16.9. The van der Waals surface area contributed by atoms with E-state index in [1.165, 1.54) is 0 Å². The third-order valence-corrected chi connectivity index (χ3v) is 5.60. The molecular formula is C24H23N3O3. The molecule has 0 radical (unpaired) electrons. The van der Waals surface area contributed by atoms with Crippen LogP contribution in [0.15, 0.2) is 72.8 Å². The summed E-state index contributed by atoms with van der Waals surface area (Å²) >= 11 is 0. The highest BCUT2D eigenvalue weighted by Gasteiger charge is 2.49. The van der Waals surface area contributed by atoms with Crippen molar-refractivity contribution >= 4 is 28.6 Å². The molecule has 1 saturated heterocycles. The predicted molar refractivity (Wildman–Crippen MR) is 115 cm³/mol. The second-order valence-electron chi connectivity index (χ2n) is 7.67. The first-order valence-corrected chi connectivity index (χ1v) is 9.87. The van der Waals surface area contributed by atoms with Crippen LogP contribution in [-0.2, 0) is 15.1 Å². The van der Waals surface area contributed by atoms with E-state index in [0.717, 1.165) is 21.2 Å². The lowest BCUT2D eigenvalue weighted by Crippen LogP contribution is -2.43. The number of fused-ring (bicyclic) bond motifs is 1. The Morgan fingerprint density at radius 2 is 1.67 bits per heavy atom. The van der Waals surface area contributed by atoms with E-state index in [9.17, 15) is 14.4 Å². The van der Waals surface area contributed by atoms with Gasteiger partial charge in [0, 0.05) is 0 Å².